The van der Waals surface area contributed by atoms with Gasteiger partial charge in [0, 0.05) is 6.04 Å². The van der Waals surface area contributed by atoms with E-state index < -0.39 is 0 Å². The van der Waals surface area contributed by atoms with Gasteiger partial charge in [0.05, 0.1) is 6.61 Å². The van der Waals surface area contributed by atoms with Gasteiger partial charge in [-0.3, -0.25) is 0 Å². The molecule has 118 valence electrons. The van der Waals surface area contributed by atoms with Crippen LogP contribution in [0, 0.1) is 26.7 Å². The fourth-order valence-electron chi connectivity index (χ4n) is 3.45. The summed E-state index contributed by atoms with van der Waals surface area (Å²) >= 11 is 0. The molecule has 21 heavy (non-hydrogen) atoms. The molecule has 0 radical (unpaired) electrons. The summed E-state index contributed by atoms with van der Waals surface area (Å²) in [4.78, 5) is 0. The summed E-state index contributed by atoms with van der Waals surface area (Å²) in [6, 6.07) is 5.11. The highest BCUT2D eigenvalue weighted by Gasteiger charge is 2.26. The minimum Gasteiger partial charge on any atom is -0.493 e. The first-order chi connectivity index (χ1) is 10.1. The molecule has 2 nitrogen and oxygen atoms in total. The van der Waals surface area contributed by atoms with Crippen LogP contribution in [-0.4, -0.2) is 19.2 Å². The summed E-state index contributed by atoms with van der Waals surface area (Å²) in [7, 11) is 0. The third-order valence-corrected chi connectivity index (χ3v) is 4.83. The summed E-state index contributed by atoms with van der Waals surface area (Å²) in [5, 5.41) is 3.70. The molecule has 0 aliphatic heterocycles. The van der Waals surface area contributed by atoms with E-state index in [1.54, 1.807) is 0 Å². The second-order valence-corrected chi connectivity index (χ2v) is 6.59. The van der Waals surface area contributed by atoms with Crippen LogP contribution in [0.2, 0.25) is 0 Å². The second-order valence-electron chi connectivity index (χ2n) is 6.59. The average Bonchev–Trinajstić information content (AvgIpc) is 2.89. The van der Waals surface area contributed by atoms with E-state index in [4.69, 9.17) is 4.74 Å². The van der Waals surface area contributed by atoms with Gasteiger partial charge in [0.2, 0.25) is 0 Å². The molecule has 1 aliphatic carbocycles. The fraction of sp³-hybridized carbons (Fsp3) is 0.684. The van der Waals surface area contributed by atoms with E-state index >= 15 is 0 Å². The van der Waals surface area contributed by atoms with Gasteiger partial charge in [-0.25, -0.2) is 0 Å². The van der Waals surface area contributed by atoms with E-state index in [9.17, 15) is 0 Å². The monoisotopic (exact) mass is 289 g/mol. The molecule has 1 saturated carbocycles. The van der Waals surface area contributed by atoms with E-state index in [-0.39, 0.29) is 0 Å². The van der Waals surface area contributed by atoms with E-state index in [0.29, 0.717) is 6.04 Å². The van der Waals surface area contributed by atoms with Gasteiger partial charge in [0.1, 0.15) is 5.75 Å². The van der Waals surface area contributed by atoms with Crippen molar-refractivity contribution in [2.24, 2.45) is 5.92 Å². The molecule has 0 amide bonds. The first-order valence-corrected chi connectivity index (χ1v) is 8.55. The number of aryl methyl sites for hydroxylation is 2. The predicted molar refractivity (Wildman–Crippen MR) is 90.2 cm³/mol. The maximum atomic E-state index is 6.09. The lowest BCUT2D eigenvalue weighted by Crippen LogP contribution is -2.33. The van der Waals surface area contributed by atoms with Crippen LogP contribution in [-0.2, 0) is 0 Å². The first-order valence-electron chi connectivity index (χ1n) is 8.55. The van der Waals surface area contributed by atoms with Crippen LogP contribution in [0.25, 0.3) is 0 Å². The lowest BCUT2D eigenvalue weighted by atomic mass is 10.00. The van der Waals surface area contributed by atoms with Crippen molar-refractivity contribution in [1.82, 2.24) is 5.32 Å². The number of ether oxygens (including phenoxy) is 1. The van der Waals surface area contributed by atoms with Crippen LogP contribution in [0.5, 0.6) is 5.75 Å². The minimum absolute atomic E-state index is 0.717. The Morgan fingerprint density at radius 3 is 2.76 bits per heavy atom. The molecule has 2 rings (SSSR count). The fourth-order valence-corrected chi connectivity index (χ4v) is 3.45. The number of nitrogens with one attached hydrogen (secondary N) is 1. The third kappa shape index (κ3) is 4.47. The summed E-state index contributed by atoms with van der Waals surface area (Å²) in [5.41, 5.74) is 3.90. The molecule has 2 unspecified atom stereocenters. The van der Waals surface area contributed by atoms with Gasteiger partial charge in [-0.1, -0.05) is 19.4 Å². The van der Waals surface area contributed by atoms with Crippen molar-refractivity contribution in [3.05, 3.63) is 28.8 Å². The third-order valence-electron chi connectivity index (χ3n) is 4.83. The summed E-state index contributed by atoms with van der Waals surface area (Å²) in [6.07, 6.45) is 6.47. The van der Waals surface area contributed by atoms with Crippen molar-refractivity contribution in [2.75, 3.05) is 13.2 Å². The second kappa shape index (κ2) is 7.84. The lowest BCUT2D eigenvalue weighted by Gasteiger charge is -2.21. The highest BCUT2D eigenvalue weighted by molar-refractivity contribution is 5.41. The highest BCUT2D eigenvalue weighted by Crippen LogP contribution is 2.29. The van der Waals surface area contributed by atoms with Gasteiger partial charge in [0.25, 0.3) is 0 Å². The van der Waals surface area contributed by atoms with E-state index in [1.165, 1.54) is 48.8 Å². The van der Waals surface area contributed by atoms with Gasteiger partial charge >= 0.3 is 0 Å². The minimum atomic E-state index is 0.717. The Morgan fingerprint density at radius 1 is 1.19 bits per heavy atom. The Bertz CT molecular complexity index is 455. The number of hydrogen-bond donors (Lipinski definition) is 1. The van der Waals surface area contributed by atoms with Crippen molar-refractivity contribution in [1.29, 1.82) is 0 Å². The molecule has 0 saturated heterocycles. The number of hydrogen-bond acceptors (Lipinski definition) is 2. The van der Waals surface area contributed by atoms with E-state index in [1.807, 2.05) is 0 Å². The highest BCUT2D eigenvalue weighted by atomic mass is 16.5. The smallest absolute Gasteiger partial charge is 0.122 e. The van der Waals surface area contributed by atoms with Gasteiger partial charge in [-0.15, -0.1) is 0 Å². The van der Waals surface area contributed by atoms with Crippen molar-refractivity contribution in [3.8, 4) is 5.75 Å². The van der Waals surface area contributed by atoms with Crippen LogP contribution in [0.3, 0.4) is 0 Å². The van der Waals surface area contributed by atoms with Crippen LogP contribution in [0.15, 0.2) is 12.1 Å². The quantitative estimate of drug-likeness (QED) is 0.795. The maximum absolute atomic E-state index is 6.09. The van der Waals surface area contributed by atoms with Gasteiger partial charge in [-0.2, -0.15) is 0 Å². The zero-order valence-corrected chi connectivity index (χ0v) is 14.2. The molecule has 1 N–H and O–H groups in total. The van der Waals surface area contributed by atoms with Gasteiger partial charge < -0.3 is 10.1 Å². The molecule has 1 aromatic carbocycles. The zero-order chi connectivity index (χ0) is 15.2. The van der Waals surface area contributed by atoms with Crippen LogP contribution in [0.1, 0.15) is 55.7 Å². The largest absolute Gasteiger partial charge is 0.493 e. The Balaban J connectivity index is 1.84. The van der Waals surface area contributed by atoms with Gasteiger partial charge in [0.15, 0.2) is 0 Å². The summed E-state index contributed by atoms with van der Waals surface area (Å²) in [5.74, 6) is 1.87. The van der Waals surface area contributed by atoms with Crippen molar-refractivity contribution in [3.63, 3.8) is 0 Å². The SMILES string of the molecule is CCCNC1CCCC1CCOc1cc(C)cc(C)c1C. The van der Waals surface area contributed by atoms with Crippen molar-refractivity contribution >= 4 is 0 Å². The van der Waals surface area contributed by atoms with Crippen LogP contribution < -0.4 is 10.1 Å². The normalized spacial score (nSPS) is 21.7. The van der Waals surface area contributed by atoms with Crippen LogP contribution >= 0.6 is 0 Å². The Hall–Kier alpha value is -1.02. The van der Waals surface area contributed by atoms with E-state index in [2.05, 4.69) is 45.1 Å². The predicted octanol–water partition coefficient (Wildman–Crippen LogP) is 4.55. The molecule has 2 atom stereocenters. The Kier molecular flexibility index (Phi) is 6.10. The van der Waals surface area contributed by atoms with Crippen molar-refractivity contribution in [2.45, 2.75) is 65.8 Å². The lowest BCUT2D eigenvalue weighted by molar-refractivity contribution is 0.259. The molecular weight excluding hydrogens is 258 g/mol. The molecular formula is C19H31NO. The molecule has 0 bridgehead atoms. The summed E-state index contributed by atoms with van der Waals surface area (Å²) in [6.45, 7) is 10.7. The topological polar surface area (TPSA) is 21.3 Å². The Labute approximate surface area is 130 Å². The van der Waals surface area contributed by atoms with Crippen LogP contribution in [0.4, 0.5) is 0 Å². The summed E-state index contributed by atoms with van der Waals surface area (Å²) < 4.78 is 6.09. The molecule has 1 aromatic rings. The molecule has 0 spiro atoms. The Morgan fingerprint density at radius 2 is 2.00 bits per heavy atom. The molecule has 1 fully saturated rings. The number of benzene rings is 1. The van der Waals surface area contributed by atoms with E-state index in [0.717, 1.165) is 24.8 Å². The molecule has 1 aliphatic rings. The molecule has 0 heterocycles. The van der Waals surface area contributed by atoms with Crippen molar-refractivity contribution < 1.29 is 4.74 Å². The van der Waals surface area contributed by atoms with Gasteiger partial charge in [-0.05, 0) is 81.7 Å². The molecule has 0 aromatic heterocycles. The zero-order valence-electron chi connectivity index (χ0n) is 14.2. The first kappa shape index (κ1) is 16.4. The average molecular weight is 289 g/mol. The maximum Gasteiger partial charge on any atom is 0.122 e. The standard InChI is InChI=1S/C19H31NO/c1-5-10-20-18-8-6-7-17(18)9-11-21-19-13-14(2)12-15(3)16(19)4/h12-13,17-18,20H,5-11H2,1-4H3. The molecule has 2 heteroatoms. The number of rotatable bonds is 7.